The van der Waals surface area contributed by atoms with Crippen LogP contribution in [0.2, 0.25) is 0 Å². The number of nitrogens with zero attached hydrogens (tertiary/aromatic N) is 1. The SMILES string of the molecule is COc1ccc(CCNC(=O)C(C#N)=Cc2cc(Br)c(O)c(OC)c2)cc1OC. The molecule has 29 heavy (non-hydrogen) atoms. The van der Waals surface area contributed by atoms with Gasteiger partial charge < -0.3 is 24.6 Å². The molecular weight excluding hydrogens is 440 g/mol. The van der Waals surface area contributed by atoms with Crippen LogP contribution in [0.1, 0.15) is 11.1 Å². The van der Waals surface area contributed by atoms with Crippen molar-refractivity contribution in [3.63, 3.8) is 0 Å². The van der Waals surface area contributed by atoms with Crippen LogP contribution in [-0.2, 0) is 11.2 Å². The molecule has 0 aromatic heterocycles. The first-order chi connectivity index (χ1) is 13.9. The minimum absolute atomic E-state index is 0.0532. The molecule has 0 saturated carbocycles. The molecular formula is C21H21BrN2O5. The number of methoxy groups -OCH3 is 3. The van der Waals surface area contributed by atoms with E-state index in [1.165, 1.54) is 19.3 Å². The average Bonchev–Trinajstić information content (AvgIpc) is 2.73. The van der Waals surface area contributed by atoms with Crippen LogP contribution in [0.15, 0.2) is 40.4 Å². The smallest absolute Gasteiger partial charge is 0.261 e. The minimum Gasteiger partial charge on any atom is -0.503 e. The lowest BCUT2D eigenvalue weighted by molar-refractivity contribution is -0.117. The van der Waals surface area contributed by atoms with Gasteiger partial charge in [-0.2, -0.15) is 5.26 Å². The number of amides is 1. The van der Waals surface area contributed by atoms with Crippen LogP contribution in [0, 0.1) is 11.3 Å². The van der Waals surface area contributed by atoms with E-state index in [9.17, 15) is 15.2 Å². The molecule has 8 heteroatoms. The quantitative estimate of drug-likeness (QED) is 0.462. The summed E-state index contributed by atoms with van der Waals surface area (Å²) in [5.41, 5.74) is 1.44. The number of rotatable bonds is 8. The van der Waals surface area contributed by atoms with Gasteiger partial charge in [-0.1, -0.05) is 6.07 Å². The number of benzene rings is 2. The molecule has 0 atom stereocenters. The Bertz CT molecular complexity index is 966. The second-order valence-electron chi connectivity index (χ2n) is 5.92. The third-order valence-electron chi connectivity index (χ3n) is 4.09. The van der Waals surface area contributed by atoms with Crippen LogP contribution in [-0.4, -0.2) is 38.9 Å². The first-order valence-electron chi connectivity index (χ1n) is 8.60. The fraction of sp³-hybridized carbons (Fsp3) is 0.238. The van der Waals surface area contributed by atoms with Crippen molar-refractivity contribution in [3.05, 3.63) is 51.5 Å². The molecule has 0 unspecified atom stereocenters. The minimum atomic E-state index is -0.490. The fourth-order valence-corrected chi connectivity index (χ4v) is 3.06. The van der Waals surface area contributed by atoms with Gasteiger partial charge in [0.05, 0.1) is 25.8 Å². The maximum absolute atomic E-state index is 12.4. The number of halogens is 1. The lowest BCUT2D eigenvalue weighted by atomic mass is 10.1. The van der Waals surface area contributed by atoms with Gasteiger partial charge in [0, 0.05) is 6.54 Å². The Kier molecular flexibility index (Phi) is 7.92. The normalized spacial score (nSPS) is 10.8. The van der Waals surface area contributed by atoms with Crippen LogP contribution in [0.3, 0.4) is 0 Å². The van der Waals surface area contributed by atoms with Gasteiger partial charge in [-0.15, -0.1) is 0 Å². The Balaban J connectivity index is 2.06. The van der Waals surface area contributed by atoms with E-state index in [0.29, 0.717) is 34.5 Å². The van der Waals surface area contributed by atoms with Gasteiger partial charge in [0.25, 0.3) is 5.91 Å². The average molecular weight is 461 g/mol. The van der Waals surface area contributed by atoms with Gasteiger partial charge in [-0.05, 0) is 63.8 Å². The van der Waals surface area contributed by atoms with E-state index in [1.807, 2.05) is 18.2 Å². The van der Waals surface area contributed by atoms with Gasteiger partial charge in [-0.3, -0.25) is 4.79 Å². The number of nitriles is 1. The Morgan fingerprint density at radius 3 is 2.45 bits per heavy atom. The summed E-state index contributed by atoms with van der Waals surface area (Å²) in [6.07, 6.45) is 1.99. The largest absolute Gasteiger partial charge is 0.503 e. The topological polar surface area (TPSA) is 101 Å². The predicted octanol–water partition coefficient (Wildman–Crippen LogP) is 3.45. The second-order valence-corrected chi connectivity index (χ2v) is 6.77. The zero-order valence-electron chi connectivity index (χ0n) is 16.3. The van der Waals surface area contributed by atoms with Crippen molar-refractivity contribution in [2.75, 3.05) is 27.9 Å². The third kappa shape index (κ3) is 5.65. The number of aromatic hydroxyl groups is 1. The van der Waals surface area contributed by atoms with Gasteiger partial charge in [0.15, 0.2) is 23.0 Å². The lowest BCUT2D eigenvalue weighted by Gasteiger charge is -2.10. The number of nitrogens with one attached hydrogen (secondary N) is 1. The van der Waals surface area contributed by atoms with Crippen molar-refractivity contribution >= 4 is 27.9 Å². The van der Waals surface area contributed by atoms with Crippen molar-refractivity contribution in [2.24, 2.45) is 0 Å². The molecule has 2 aromatic rings. The first kappa shape index (κ1) is 22.1. The summed E-state index contributed by atoms with van der Waals surface area (Å²) < 4.78 is 15.9. The molecule has 0 aliphatic heterocycles. The molecule has 152 valence electrons. The Morgan fingerprint density at radius 2 is 1.83 bits per heavy atom. The number of phenolic OH excluding ortho intramolecular Hbond substituents is 1. The Labute approximate surface area is 177 Å². The lowest BCUT2D eigenvalue weighted by Crippen LogP contribution is -2.26. The molecule has 2 N–H and O–H groups in total. The summed E-state index contributed by atoms with van der Waals surface area (Å²) in [7, 11) is 4.54. The second kappa shape index (κ2) is 10.4. The van der Waals surface area contributed by atoms with Crippen LogP contribution < -0.4 is 19.5 Å². The summed E-state index contributed by atoms with van der Waals surface area (Å²) in [5.74, 6) is 0.932. The molecule has 0 aliphatic carbocycles. The molecule has 1 amide bonds. The highest BCUT2D eigenvalue weighted by atomic mass is 79.9. The van der Waals surface area contributed by atoms with Gasteiger partial charge in [-0.25, -0.2) is 0 Å². The predicted molar refractivity (Wildman–Crippen MR) is 112 cm³/mol. The Hall–Kier alpha value is -3.18. The maximum atomic E-state index is 12.4. The summed E-state index contributed by atoms with van der Waals surface area (Å²) in [4.78, 5) is 12.4. The highest BCUT2D eigenvalue weighted by Crippen LogP contribution is 2.35. The monoisotopic (exact) mass is 460 g/mol. The van der Waals surface area contributed by atoms with Crippen LogP contribution >= 0.6 is 15.9 Å². The summed E-state index contributed by atoms with van der Waals surface area (Å²) in [6, 6.07) is 10.5. The van der Waals surface area contributed by atoms with Crippen molar-refractivity contribution in [2.45, 2.75) is 6.42 Å². The highest BCUT2D eigenvalue weighted by molar-refractivity contribution is 9.10. The van der Waals surface area contributed by atoms with E-state index in [-0.39, 0.29) is 17.1 Å². The van der Waals surface area contributed by atoms with Crippen molar-refractivity contribution in [3.8, 4) is 29.1 Å². The molecule has 0 bridgehead atoms. The number of phenols is 1. The van der Waals surface area contributed by atoms with Crippen LogP contribution in [0.4, 0.5) is 0 Å². The number of hydrogen-bond donors (Lipinski definition) is 2. The van der Waals surface area contributed by atoms with Gasteiger partial charge >= 0.3 is 0 Å². The number of hydrogen-bond acceptors (Lipinski definition) is 6. The van der Waals surface area contributed by atoms with Gasteiger partial charge in [0.1, 0.15) is 11.6 Å². The van der Waals surface area contributed by atoms with Gasteiger partial charge in [0.2, 0.25) is 0 Å². The zero-order valence-corrected chi connectivity index (χ0v) is 17.9. The van der Waals surface area contributed by atoms with Crippen molar-refractivity contribution in [1.29, 1.82) is 5.26 Å². The fourth-order valence-electron chi connectivity index (χ4n) is 2.60. The summed E-state index contributed by atoms with van der Waals surface area (Å²) in [6.45, 7) is 0.343. The highest BCUT2D eigenvalue weighted by Gasteiger charge is 2.12. The standard InChI is InChI=1S/C21H21BrN2O5/c1-27-17-5-4-13(10-18(17)28-2)6-7-24-21(26)15(12-23)8-14-9-16(22)20(25)19(11-14)29-3/h4-5,8-11,25H,6-7H2,1-3H3,(H,24,26). The molecule has 0 spiro atoms. The molecule has 2 aromatic carbocycles. The maximum Gasteiger partial charge on any atom is 0.261 e. The molecule has 0 heterocycles. The van der Waals surface area contributed by atoms with E-state index in [0.717, 1.165) is 5.56 Å². The number of ether oxygens (including phenoxy) is 3. The summed E-state index contributed by atoms with van der Waals surface area (Å²) in [5, 5.41) is 21.9. The van der Waals surface area contributed by atoms with Crippen molar-refractivity contribution in [1.82, 2.24) is 5.32 Å². The van der Waals surface area contributed by atoms with E-state index in [2.05, 4.69) is 21.2 Å². The Morgan fingerprint density at radius 1 is 1.14 bits per heavy atom. The van der Waals surface area contributed by atoms with E-state index in [4.69, 9.17) is 14.2 Å². The van der Waals surface area contributed by atoms with E-state index >= 15 is 0 Å². The number of carbonyl (C=O) groups is 1. The van der Waals surface area contributed by atoms with Crippen LogP contribution in [0.25, 0.3) is 6.08 Å². The summed E-state index contributed by atoms with van der Waals surface area (Å²) >= 11 is 3.21. The molecule has 7 nitrogen and oxygen atoms in total. The van der Waals surface area contributed by atoms with E-state index in [1.54, 1.807) is 26.4 Å². The van der Waals surface area contributed by atoms with Crippen molar-refractivity contribution < 1.29 is 24.1 Å². The molecule has 0 fully saturated rings. The molecule has 0 saturated heterocycles. The molecule has 0 aliphatic rings. The number of carbonyl (C=O) groups excluding carboxylic acids is 1. The van der Waals surface area contributed by atoms with E-state index < -0.39 is 5.91 Å². The van der Waals surface area contributed by atoms with Crippen LogP contribution in [0.5, 0.6) is 23.0 Å². The zero-order chi connectivity index (χ0) is 21.4. The third-order valence-corrected chi connectivity index (χ3v) is 4.70. The first-order valence-corrected chi connectivity index (χ1v) is 9.40. The molecule has 0 radical (unpaired) electrons. The molecule has 2 rings (SSSR count).